The molecule has 3 aromatic carbocycles. The van der Waals surface area contributed by atoms with Crippen LogP contribution in [-0.4, -0.2) is 12.1 Å². The maximum absolute atomic E-state index is 9.04. The Morgan fingerprint density at radius 3 is 2.56 bits per heavy atom. The predicted molar refractivity (Wildman–Crippen MR) is 96.1 cm³/mol. The van der Waals surface area contributed by atoms with Gasteiger partial charge in [-0.25, -0.2) is 4.98 Å². The van der Waals surface area contributed by atoms with Crippen LogP contribution in [0, 0.1) is 11.3 Å². The van der Waals surface area contributed by atoms with Crippen LogP contribution < -0.4 is 4.74 Å². The number of rotatable bonds is 3. The lowest BCUT2D eigenvalue weighted by Crippen LogP contribution is -1.83. The summed E-state index contributed by atoms with van der Waals surface area (Å²) in [5.74, 6) is 1.32. The molecule has 4 heteroatoms. The lowest BCUT2D eigenvalue weighted by atomic mass is 10.1. The molecule has 1 heterocycles. The van der Waals surface area contributed by atoms with Gasteiger partial charge in [-0.15, -0.1) is 0 Å². The van der Waals surface area contributed by atoms with Gasteiger partial charge in [0.1, 0.15) is 11.3 Å². The Morgan fingerprint density at radius 1 is 0.920 bits per heavy atom. The summed E-state index contributed by atoms with van der Waals surface area (Å²) in [5.41, 5.74) is 4.93. The fraction of sp³-hybridized carbons (Fsp3) is 0.0476. The third-order valence-electron chi connectivity index (χ3n) is 4.03. The van der Waals surface area contributed by atoms with E-state index in [4.69, 9.17) is 14.4 Å². The van der Waals surface area contributed by atoms with E-state index in [0.717, 1.165) is 28.0 Å². The first-order valence-corrected chi connectivity index (χ1v) is 7.82. The number of methoxy groups -OCH3 is 1. The molecule has 0 fully saturated rings. The minimum absolute atomic E-state index is 0.509. The number of nitrogens with zero attached hydrogens (tertiary/aromatic N) is 2. The van der Waals surface area contributed by atoms with Gasteiger partial charge in [-0.2, -0.15) is 5.26 Å². The molecule has 0 radical (unpaired) electrons. The van der Waals surface area contributed by atoms with Crippen molar-refractivity contribution in [3.05, 3.63) is 72.3 Å². The minimum Gasteiger partial charge on any atom is -0.497 e. The Morgan fingerprint density at radius 2 is 1.72 bits per heavy atom. The minimum atomic E-state index is 0.509. The van der Waals surface area contributed by atoms with E-state index in [2.05, 4.69) is 11.1 Å². The first kappa shape index (κ1) is 15.0. The van der Waals surface area contributed by atoms with Gasteiger partial charge in [0, 0.05) is 5.56 Å². The normalized spacial score (nSPS) is 10.6. The zero-order valence-corrected chi connectivity index (χ0v) is 13.6. The van der Waals surface area contributed by atoms with Crippen molar-refractivity contribution >= 4 is 11.1 Å². The van der Waals surface area contributed by atoms with Gasteiger partial charge in [0.05, 0.1) is 18.7 Å². The number of aromatic nitrogens is 1. The number of hydrogen-bond donors (Lipinski definition) is 0. The summed E-state index contributed by atoms with van der Waals surface area (Å²) in [6, 6.07) is 23.2. The topological polar surface area (TPSA) is 59.0 Å². The third-order valence-corrected chi connectivity index (χ3v) is 4.03. The second-order valence-electron chi connectivity index (χ2n) is 5.63. The van der Waals surface area contributed by atoms with Crippen molar-refractivity contribution < 1.29 is 9.15 Å². The number of benzene rings is 3. The highest BCUT2D eigenvalue weighted by Crippen LogP contribution is 2.30. The fourth-order valence-electron chi connectivity index (χ4n) is 2.75. The maximum atomic E-state index is 9.04. The van der Waals surface area contributed by atoms with Gasteiger partial charge < -0.3 is 9.15 Å². The smallest absolute Gasteiger partial charge is 0.227 e. The van der Waals surface area contributed by atoms with Gasteiger partial charge in [0.15, 0.2) is 5.58 Å². The largest absolute Gasteiger partial charge is 0.497 e. The molecule has 0 aliphatic heterocycles. The molecule has 1 aromatic heterocycles. The molecule has 0 bridgehead atoms. The van der Waals surface area contributed by atoms with Crippen molar-refractivity contribution in [2.75, 3.05) is 7.11 Å². The second kappa shape index (κ2) is 6.14. The maximum Gasteiger partial charge on any atom is 0.227 e. The van der Waals surface area contributed by atoms with Crippen molar-refractivity contribution in [1.82, 2.24) is 4.98 Å². The first-order valence-electron chi connectivity index (χ1n) is 7.82. The molecule has 4 nitrogen and oxygen atoms in total. The lowest BCUT2D eigenvalue weighted by Gasteiger charge is -2.04. The number of oxazole rings is 1. The Balaban J connectivity index is 1.78. The highest BCUT2D eigenvalue weighted by atomic mass is 16.5. The molecule has 0 amide bonds. The van der Waals surface area contributed by atoms with Gasteiger partial charge in [-0.3, -0.25) is 0 Å². The highest BCUT2D eigenvalue weighted by Gasteiger charge is 2.10. The van der Waals surface area contributed by atoms with E-state index in [1.165, 1.54) is 0 Å². The van der Waals surface area contributed by atoms with Crippen LogP contribution in [0.3, 0.4) is 0 Å². The lowest BCUT2D eigenvalue weighted by molar-refractivity contribution is 0.415. The summed E-state index contributed by atoms with van der Waals surface area (Å²) in [6.07, 6.45) is 0. The molecule has 0 aliphatic carbocycles. The van der Waals surface area contributed by atoms with E-state index in [1.807, 2.05) is 54.6 Å². The summed E-state index contributed by atoms with van der Waals surface area (Å²) >= 11 is 0. The standard InChI is InChI=1S/C21H14N2O2/c1-24-18-7-3-5-15(11-18)16-8-9-19-20(12-16)25-21(23-19)17-6-2-4-14(10-17)13-22/h2-12H,1H3. The monoisotopic (exact) mass is 326 g/mol. The molecule has 0 unspecified atom stereocenters. The highest BCUT2D eigenvalue weighted by molar-refractivity contribution is 5.82. The average molecular weight is 326 g/mol. The Hall–Kier alpha value is -3.58. The van der Waals surface area contributed by atoms with Crippen LogP contribution in [-0.2, 0) is 0 Å². The van der Waals surface area contributed by atoms with E-state index in [9.17, 15) is 0 Å². The van der Waals surface area contributed by atoms with Crippen molar-refractivity contribution in [2.45, 2.75) is 0 Å². The number of fused-ring (bicyclic) bond motifs is 1. The van der Waals surface area contributed by atoms with E-state index >= 15 is 0 Å². The van der Waals surface area contributed by atoms with Crippen molar-refractivity contribution in [1.29, 1.82) is 5.26 Å². The van der Waals surface area contributed by atoms with Gasteiger partial charge in [0.25, 0.3) is 0 Å². The SMILES string of the molecule is COc1cccc(-c2ccc3nc(-c4cccc(C#N)c4)oc3c2)c1. The average Bonchev–Trinajstić information content (AvgIpc) is 3.11. The number of nitriles is 1. The van der Waals surface area contributed by atoms with Crippen molar-refractivity contribution in [3.8, 4) is 34.4 Å². The summed E-state index contributed by atoms with van der Waals surface area (Å²) in [6.45, 7) is 0. The van der Waals surface area contributed by atoms with Gasteiger partial charge >= 0.3 is 0 Å². The summed E-state index contributed by atoms with van der Waals surface area (Å²) < 4.78 is 11.2. The molecule has 4 aromatic rings. The first-order chi connectivity index (χ1) is 12.3. The van der Waals surface area contributed by atoms with Crippen LogP contribution in [0.25, 0.3) is 33.7 Å². The molecule has 25 heavy (non-hydrogen) atoms. The van der Waals surface area contributed by atoms with E-state index in [1.54, 1.807) is 19.2 Å². The van der Waals surface area contributed by atoms with Crippen LogP contribution in [0.5, 0.6) is 5.75 Å². The predicted octanol–water partition coefficient (Wildman–Crippen LogP) is 5.04. The molecule has 0 spiro atoms. The van der Waals surface area contributed by atoms with Crippen LogP contribution in [0.4, 0.5) is 0 Å². The van der Waals surface area contributed by atoms with Crippen LogP contribution in [0.15, 0.2) is 71.1 Å². The molecule has 0 N–H and O–H groups in total. The quantitative estimate of drug-likeness (QED) is 0.529. The van der Waals surface area contributed by atoms with Crippen LogP contribution in [0.1, 0.15) is 5.56 Å². The zero-order valence-electron chi connectivity index (χ0n) is 13.6. The Labute approximate surface area is 144 Å². The molecule has 120 valence electrons. The number of hydrogen-bond acceptors (Lipinski definition) is 4. The van der Waals surface area contributed by atoms with Crippen LogP contribution >= 0.6 is 0 Å². The van der Waals surface area contributed by atoms with Gasteiger partial charge in [0.2, 0.25) is 5.89 Å². The zero-order chi connectivity index (χ0) is 17.2. The summed E-state index contributed by atoms with van der Waals surface area (Å²) in [4.78, 5) is 4.53. The second-order valence-corrected chi connectivity index (χ2v) is 5.63. The molecule has 0 atom stereocenters. The summed E-state index contributed by atoms with van der Waals surface area (Å²) in [7, 11) is 1.65. The molecule has 0 aliphatic rings. The van der Waals surface area contributed by atoms with Gasteiger partial charge in [-0.05, 0) is 53.6 Å². The van der Waals surface area contributed by atoms with E-state index in [0.29, 0.717) is 17.0 Å². The van der Waals surface area contributed by atoms with Crippen molar-refractivity contribution in [2.24, 2.45) is 0 Å². The van der Waals surface area contributed by atoms with Crippen LogP contribution in [0.2, 0.25) is 0 Å². The molecule has 0 saturated heterocycles. The third kappa shape index (κ3) is 2.84. The van der Waals surface area contributed by atoms with E-state index < -0.39 is 0 Å². The molecule has 4 rings (SSSR count). The Bertz CT molecular complexity index is 1110. The van der Waals surface area contributed by atoms with Gasteiger partial charge in [-0.1, -0.05) is 24.3 Å². The fourth-order valence-corrected chi connectivity index (χ4v) is 2.75. The van der Waals surface area contributed by atoms with E-state index in [-0.39, 0.29) is 0 Å². The Kier molecular flexibility index (Phi) is 3.68. The molecule has 0 saturated carbocycles. The summed E-state index contributed by atoms with van der Waals surface area (Å²) in [5, 5.41) is 9.04. The molecular weight excluding hydrogens is 312 g/mol. The number of ether oxygens (including phenoxy) is 1. The molecular formula is C21H14N2O2. The van der Waals surface area contributed by atoms with Crippen molar-refractivity contribution in [3.63, 3.8) is 0 Å².